The number of rotatable bonds is 4. The number of halogens is 1. The predicted octanol–water partition coefficient (Wildman–Crippen LogP) is 3.69. The molecule has 0 aromatic heterocycles. The maximum Gasteiger partial charge on any atom is 0.270 e. The van der Waals surface area contributed by atoms with Crippen molar-refractivity contribution in [3.63, 3.8) is 0 Å². The van der Waals surface area contributed by atoms with Crippen molar-refractivity contribution in [3.05, 3.63) is 63.2 Å². The SMILES string of the molecule is NN=Cc1cc([N+](=O)[O-])ccc1Sc1ccc(Cl)cc1. The maximum absolute atomic E-state index is 10.8. The summed E-state index contributed by atoms with van der Waals surface area (Å²) in [6.45, 7) is 0. The second-order valence-electron chi connectivity index (χ2n) is 3.81. The average Bonchev–Trinajstić information content (AvgIpc) is 2.43. The van der Waals surface area contributed by atoms with E-state index in [1.54, 1.807) is 18.2 Å². The lowest BCUT2D eigenvalue weighted by atomic mass is 10.2. The lowest BCUT2D eigenvalue weighted by Crippen LogP contribution is -1.94. The van der Waals surface area contributed by atoms with Crippen molar-refractivity contribution in [2.45, 2.75) is 9.79 Å². The van der Waals surface area contributed by atoms with E-state index < -0.39 is 4.92 Å². The standard InChI is InChI=1S/C13H10ClN3O2S/c14-10-1-4-12(5-2-10)20-13-6-3-11(17(18)19)7-9(13)8-16-15/h1-8H,15H2. The molecule has 5 nitrogen and oxygen atoms in total. The first-order valence-electron chi connectivity index (χ1n) is 5.55. The van der Waals surface area contributed by atoms with Crippen molar-refractivity contribution >= 4 is 35.3 Å². The van der Waals surface area contributed by atoms with Gasteiger partial charge in [0.1, 0.15) is 0 Å². The van der Waals surface area contributed by atoms with Gasteiger partial charge in [-0.05, 0) is 30.3 Å². The topological polar surface area (TPSA) is 81.5 Å². The van der Waals surface area contributed by atoms with E-state index in [2.05, 4.69) is 5.10 Å². The van der Waals surface area contributed by atoms with Crippen LogP contribution < -0.4 is 5.84 Å². The quantitative estimate of drug-likeness (QED) is 0.404. The van der Waals surface area contributed by atoms with Crippen molar-refractivity contribution in [1.29, 1.82) is 0 Å². The minimum absolute atomic E-state index is 0.000330. The molecule has 0 aliphatic rings. The predicted molar refractivity (Wildman–Crippen MR) is 80.5 cm³/mol. The molecule has 0 radical (unpaired) electrons. The highest BCUT2D eigenvalue weighted by atomic mass is 35.5. The third-order valence-electron chi connectivity index (χ3n) is 2.46. The Kier molecular flexibility index (Phi) is 4.60. The van der Waals surface area contributed by atoms with Crippen LogP contribution in [-0.2, 0) is 0 Å². The first-order valence-corrected chi connectivity index (χ1v) is 6.74. The van der Waals surface area contributed by atoms with E-state index in [9.17, 15) is 10.1 Å². The molecule has 2 rings (SSSR count). The summed E-state index contributed by atoms with van der Waals surface area (Å²) in [5.74, 6) is 5.14. The summed E-state index contributed by atoms with van der Waals surface area (Å²) in [4.78, 5) is 12.1. The van der Waals surface area contributed by atoms with Gasteiger partial charge in [-0.15, -0.1) is 0 Å². The van der Waals surface area contributed by atoms with Gasteiger partial charge in [-0.1, -0.05) is 23.4 Å². The molecule has 0 saturated carbocycles. The Morgan fingerprint density at radius 2 is 1.95 bits per heavy atom. The number of non-ortho nitro benzene ring substituents is 1. The van der Waals surface area contributed by atoms with E-state index >= 15 is 0 Å². The van der Waals surface area contributed by atoms with Crippen molar-refractivity contribution in [3.8, 4) is 0 Å². The van der Waals surface area contributed by atoms with E-state index in [-0.39, 0.29) is 5.69 Å². The Bertz CT molecular complexity index is 659. The zero-order chi connectivity index (χ0) is 14.5. The van der Waals surface area contributed by atoms with Gasteiger partial charge >= 0.3 is 0 Å². The molecule has 0 heterocycles. The Labute approximate surface area is 124 Å². The molecule has 0 bridgehead atoms. The number of hydrogen-bond donors (Lipinski definition) is 1. The van der Waals surface area contributed by atoms with Gasteiger partial charge in [0.05, 0.1) is 11.1 Å². The van der Waals surface area contributed by atoms with Gasteiger partial charge in [0.2, 0.25) is 0 Å². The van der Waals surface area contributed by atoms with E-state index in [1.807, 2.05) is 12.1 Å². The summed E-state index contributed by atoms with van der Waals surface area (Å²) in [6, 6.07) is 11.9. The van der Waals surface area contributed by atoms with E-state index in [0.717, 1.165) is 9.79 Å². The van der Waals surface area contributed by atoms with Gasteiger partial charge < -0.3 is 5.84 Å². The molecule has 2 aromatic rings. The third kappa shape index (κ3) is 3.49. The lowest BCUT2D eigenvalue weighted by Gasteiger charge is -2.05. The van der Waals surface area contributed by atoms with Gasteiger partial charge in [-0.25, -0.2) is 0 Å². The first-order chi connectivity index (χ1) is 9.60. The molecule has 0 amide bonds. The Hall–Kier alpha value is -2.05. The van der Waals surface area contributed by atoms with Crippen LogP contribution in [-0.4, -0.2) is 11.1 Å². The number of nitrogens with two attached hydrogens (primary N) is 1. The van der Waals surface area contributed by atoms with Crippen LogP contribution in [0.15, 0.2) is 57.4 Å². The molecule has 20 heavy (non-hydrogen) atoms. The molecule has 0 aliphatic heterocycles. The molecule has 0 fully saturated rings. The van der Waals surface area contributed by atoms with Crippen LogP contribution in [0.5, 0.6) is 0 Å². The summed E-state index contributed by atoms with van der Waals surface area (Å²) in [7, 11) is 0. The smallest absolute Gasteiger partial charge is 0.270 e. The van der Waals surface area contributed by atoms with Gasteiger partial charge in [-0.3, -0.25) is 10.1 Å². The van der Waals surface area contributed by atoms with Gasteiger partial charge in [0.15, 0.2) is 0 Å². The molecule has 2 aromatic carbocycles. The van der Waals surface area contributed by atoms with Crippen LogP contribution >= 0.6 is 23.4 Å². The Morgan fingerprint density at radius 3 is 2.55 bits per heavy atom. The third-order valence-corrected chi connectivity index (χ3v) is 3.81. The first kappa shape index (κ1) is 14.4. The van der Waals surface area contributed by atoms with Crippen LogP contribution in [0.4, 0.5) is 5.69 Å². The zero-order valence-corrected chi connectivity index (χ0v) is 11.8. The lowest BCUT2D eigenvalue weighted by molar-refractivity contribution is -0.384. The highest BCUT2D eigenvalue weighted by Crippen LogP contribution is 2.32. The van der Waals surface area contributed by atoms with Crippen LogP contribution in [0.1, 0.15) is 5.56 Å². The molecule has 7 heteroatoms. The Morgan fingerprint density at radius 1 is 1.25 bits per heavy atom. The number of nitrogens with zero attached hydrogens (tertiary/aromatic N) is 2. The minimum Gasteiger partial charge on any atom is -0.323 e. The fourth-order valence-electron chi connectivity index (χ4n) is 1.55. The summed E-state index contributed by atoms with van der Waals surface area (Å²) < 4.78 is 0. The molecule has 0 spiro atoms. The van der Waals surface area contributed by atoms with Crippen LogP contribution in [0, 0.1) is 10.1 Å². The molecule has 102 valence electrons. The molecule has 0 atom stereocenters. The van der Waals surface area contributed by atoms with Crippen molar-refractivity contribution in [2.75, 3.05) is 0 Å². The summed E-state index contributed by atoms with van der Waals surface area (Å²) in [5, 5.41) is 14.9. The van der Waals surface area contributed by atoms with Gasteiger partial charge in [0, 0.05) is 32.5 Å². The largest absolute Gasteiger partial charge is 0.323 e. The van der Waals surface area contributed by atoms with Crippen molar-refractivity contribution in [1.82, 2.24) is 0 Å². The van der Waals surface area contributed by atoms with Crippen LogP contribution in [0.3, 0.4) is 0 Å². The van der Waals surface area contributed by atoms with Gasteiger partial charge in [-0.2, -0.15) is 5.10 Å². The highest BCUT2D eigenvalue weighted by Gasteiger charge is 2.10. The van der Waals surface area contributed by atoms with E-state index in [0.29, 0.717) is 10.6 Å². The molecule has 2 N–H and O–H groups in total. The number of hydrazone groups is 1. The monoisotopic (exact) mass is 307 g/mol. The second kappa shape index (κ2) is 6.40. The molecule has 0 saturated heterocycles. The molecule has 0 aliphatic carbocycles. The van der Waals surface area contributed by atoms with Crippen LogP contribution in [0.2, 0.25) is 5.02 Å². The highest BCUT2D eigenvalue weighted by molar-refractivity contribution is 7.99. The van der Waals surface area contributed by atoms with Gasteiger partial charge in [0.25, 0.3) is 5.69 Å². The van der Waals surface area contributed by atoms with Crippen LogP contribution in [0.25, 0.3) is 0 Å². The van der Waals surface area contributed by atoms with Crippen molar-refractivity contribution < 1.29 is 4.92 Å². The summed E-state index contributed by atoms with van der Waals surface area (Å²) in [5.41, 5.74) is 0.599. The fourth-order valence-corrected chi connectivity index (χ4v) is 2.57. The second-order valence-corrected chi connectivity index (χ2v) is 5.37. The molecule has 0 unspecified atom stereocenters. The van der Waals surface area contributed by atoms with Crippen molar-refractivity contribution in [2.24, 2.45) is 10.9 Å². The fraction of sp³-hybridized carbons (Fsp3) is 0. The molecular formula is C13H10ClN3O2S. The zero-order valence-electron chi connectivity index (χ0n) is 10.2. The van der Waals surface area contributed by atoms with E-state index in [4.69, 9.17) is 17.4 Å². The summed E-state index contributed by atoms with van der Waals surface area (Å²) in [6.07, 6.45) is 1.39. The Balaban J connectivity index is 2.35. The number of hydrogen-bond acceptors (Lipinski definition) is 5. The maximum atomic E-state index is 10.8. The minimum atomic E-state index is -0.454. The number of nitro groups is 1. The number of nitro benzene ring substituents is 1. The summed E-state index contributed by atoms with van der Waals surface area (Å²) >= 11 is 7.28. The number of benzene rings is 2. The molecular weight excluding hydrogens is 298 g/mol. The average molecular weight is 308 g/mol. The van der Waals surface area contributed by atoms with E-state index in [1.165, 1.54) is 30.1 Å². The normalized spacial score (nSPS) is 10.8.